The number of ether oxygens (including phenoxy) is 1. The van der Waals surface area contributed by atoms with Gasteiger partial charge in [-0.1, -0.05) is 11.3 Å². The molecule has 0 N–H and O–H groups in total. The van der Waals surface area contributed by atoms with Gasteiger partial charge in [-0.25, -0.2) is 0 Å². The molecule has 0 unspecified atom stereocenters. The molecule has 0 aromatic carbocycles. The highest BCUT2D eigenvalue weighted by Gasteiger charge is 2.28. The van der Waals surface area contributed by atoms with Gasteiger partial charge in [0, 0.05) is 24.2 Å². The average molecular weight is 312 g/mol. The molecule has 2 rings (SSSR count). The largest absolute Gasteiger partial charge is 0.466 e. The number of rotatable bonds is 4. The Hall–Kier alpha value is -1.63. The minimum Gasteiger partial charge on any atom is -0.466 e. The van der Waals surface area contributed by atoms with E-state index in [1.165, 1.54) is 4.57 Å². The quantitative estimate of drug-likeness (QED) is 0.779. The van der Waals surface area contributed by atoms with Gasteiger partial charge >= 0.3 is 10.8 Å². The van der Waals surface area contributed by atoms with E-state index in [2.05, 4.69) is 0 Å². The summed E-state index contributed by atoms with van der Waals surface area (Å²) in [6.45, 7) is 5.16. The Morgan fingerprint density at radius 3 is 2.57 bits per heavy atom. The SMILES string of the molecule is CCOC(=O)C1CCN(C(=O)Cn2c(C)csc2=O)CC1. The van der Waals surface area contributed by atoms with Crippen molar-refractivity contribution in [2.45, 2.75) is 33.2 Å². The second-order valence-corrected chi connectivity index (χ2v) is 5.96. The molecule has 1 aromatic rings. The van der Waals surface area contributed by atoms with Crippen molar-refractivity contribution in [1.82, 2.24) is 9.47 Å². The highest BCUT2D eigenvalue weighted by molar-refractivity contribution is 7.07. The summed E-state index contributed by atoms with van der Waals surface area (Å²) >= 11 is 1.10. The lowest BCUT2D eigenvalue weighted by molar-refractivity contribution is -0.151. The first-order valence-corrected chi connectivity index (χ1v) is 8.00. The number of esters is 1. The molecule has 0 radical (unpaired) electrons. The van der Waals surface area contributed by atoms with Crippen molar-refractivity contribution in [1.29, 1.82) is 0 Å². The van der Waals surface area contributed by atoms with E-state index in [1.807, 2.05) is 6.92 Å². The highest BCUT2D eigenvalue weighted by atomic mass is 32.1. The topological polar surface area (TPSA) is 68.6 Å². The number of likely N-dealkylation sites (tertiary alicyclic amines) is 1. The molecule has 116 valence electrons. The smallest absolute Gasteiger partial charge is 0.309 e. The molecule has 0 saturated carbocycles. The van der Waals surface area contributed by atoms with Crippen molar-refractivity contribution in [3.63, 3.8) is 0 Å². The van der Waals surface area contributed by atoms with Crippen LogP contribution in [-0.2, 0) is 20.9 Å². The molecule has 2 heterocycles. The van der Waals surface area contributed by atoms with E-state index in [1.54, 1.807) is 17.2 Å². The van der Waals surface area contributed by atoms with Gasteiger partial charge in [-0.15, -0.1) is 0 Å². The molecule has 0 atom stereocenters. The van der Waals surface area contributed by atoms with Crippen LogP contribution in [-0.4, -0.2) is 41.0 Å². The second-order valence-electron chi connectivity index (χ2n) is 5.14. The molecule has 0 spiro atoms. The highest BCUT2D eigenvalue weighted by Crippen LogP contribution is 2.19. The van der Waals surface area contributed by atoms with Gasteiger partial charge in [-0.05, 0) is 26.7 Å². The zero-order valence-electron chi connectivity index (χ0n) is 12.3. The van der Waals surface area contributed by atoms with Crippen molar-refractivity contribution in [2.24, 2.45) is 5.92 Å². The van der Waals surface area contributed by atoms with Crippen LogP contribution in [0.3, 0.4) is 0 Å². The lowest BCUT2D eigenvalue weighted by Crippen LogP contribution is -2.42. The number of hydrogen-bond donors (Lipinski definition) is 0. The molecular weight excluding hydrogens is 292 g/mol. The Bertz CT molecular complexity index is 570. The number of amides is 1. The molecule has 1 saturated heterocycles. The fourth-order valence-electron chi connectivity index (χ4n) is 2.46. The molecule has 1 aliphatic heterocycles. The number of aromatic nitrogens is 1. The van der Waals surface area contributed by atoms with Gasteiger partial charge in [-0.3, -0.25) is 19.0 Å². The molecule has 7 heteroatoms. The fourth-order valence-corrected chi connectivity index (χ4v) is 3.19. The predicted octanol–water partition coefficient (Wildman–Crippen LogP) is 1.02. The molecule has 1 aliphatic rings. The van der Waals surface area contributed by atoms with E-state index in [0.717, 1.165) is 17.0 Å². The van der Waals surface area contributed by atoms with Crippen LogP contribution in [0.4, 0.5) is 0 Å². The van der Waals surface area contributed by atoms with Crippen LogP contribution >= 0.6 is 11.3 Å². The third kappa shape index (κ3) is 3.72. The van der Waals surface area contributed by atoms with Gasteiger partial charge in [0.15, 0.2) is 0 Å². The Morgan fingerprint density at radius 1 is 1.38 bits per heavy atom. The number of nitrogens with zero attached hydrogens (tertiary/aromatic N) is 2. The number of carbonyl (C=O) groups is 2. The van der Waals surface area contributed by atoms with Gasteiger partial charge in [0.25, 0.3) is 0 Å². The van der Waals surface area contributed by atoms with E-state index < -0.39 is 0 Å². The molecule has 21 heavy (non-hydrogen) atoms. The lowest BCUT2D eigenvalue weighted by atomic mass is 9.97. The number of carbonyl (C=O) groups excluding carboxylic acids is 2. The van der Waals surface area contributed by atoms with Crippen molar-refractivity contribution in [3.8, 4) is 0 Å². The Kier molecular flexibility index (Phi) is 5.17. The third-order valence-electron chi connectivity index (χ3n) is 3.74. The van der Waals surface area contributed by atoms with Crippen LogP contribution in [0.25, 0.3) is 0 Å². The maximum absolute atomic E-state index is 12.2. The summed E-state index contributed by atoms with van der Waals surface area (Å²) < 4.78 is 6.50. The summed E-state index contributed by atoms with van der Waals surface area (Å²) in [5.41, 5.74) is 0.805. The number of aryl methyl sites for hydroxylation is 1. The first-order valence-electron chi connectivity index (χ1n) is 7.12. The molecule has 1 amide bonds. The number of hydrogen-bond acceptors (Lipinski definition) is 5. The van der Waals surface area contributed by atoms with Crippen LogP contribution in [0.15, 0.2) is 10.2 Å². The van der Waals surface area contributed by atoms with Crippen LogP contribution in [0.1, 0.15) is 25.5 Å². The second kappa shape index (κ2) is 6.89. The van der Waals surface area contributed by atoms with Gasteiger partial charge in [0.05, 0.1) is 12.5 Å². The maximum atomic E-state index is 12.2. The van der Waals surface area contributed by atoms with Gasteiger partial charge in [0.1, 0.15) is 6.54 Å². The van der Waals surface area contributed by atoms with Crippen LogP contribution in [0.5, 0.6) is 0 Å². The van der Waals surface area contributed by atoms with Crippen molar-refractivity contribution in [3.05, 3.63) is 20.7 Å². The Balaban J connectivity index is 1.89. The van der Waals surface area contributed by atoms with Crippen LogP contribution in [0.2, 0.25) is 0 Å². The first-order chi connectivity index (χ1) is 10.0. The normalized spacial score (nSPS) is 16.0. The zero-order valence-corrected chi connectivity index (χ0v) is 13.1. The Labute approximate surface area is 127 Å². The van der Waals surface area contributed by atoms with Gasteiger partial charge in [-0.2, -0.15) is 0 Å². The van der Waals surface area contributed by atoms with E-state index in [4.69, 9.17) is 4.74 Å². The van der Waals surface area contributed by atoms with E-state index in [0.29, 0.717) is 32.5 Å². The van der Waals surface area contributed by atoms with E-state index in [9.17, 15) is 14.4 Å². The standard InChI is InChI=1S/C14H20N2O4S/c1-3-20-13(18)11-4-6-15(7-5-11)12(17)8-16-10(2)9-21-14(16)19/h9,11H,3-8H2,1-2H3. The molecule has 6 nitrogen and oxygen atoms in total. The minimum atomic E-state index is -0.172. The van der Waals surface area contributed by atoms with Gasteiger partial charge in [0.2, 0.25) is 5.91 Å². The van der Waals surface area contributed by atoms with E-state index in [-0.39, 0.29) is 29.2 Å². The number of piperidine rings is 1. The monoisotopic (exact) mass is 312 g/mol. The molecule has 1 fully saturated rings. The molecule has 1 aromatic heterocycles. The molecule has 0 bridgehead atoms. The van der Waals surface area contributed by atoms with Gasteiger partial charge < -0.3 is 9.64 Å². The lowest BCUT2D eigenvalue weighted by Gasteiger charge is -2.31. The third-order valence-corrected chi connectivity index (χ3v) is 4.62. The summed E-state index contributed by atoms with van der Waals surface area (Å²) in [4.78, 5) is 37.1. The number of thiazole rings is 1. The zero-order chi connectivity index (χ0) is 15.4. The predicted molar refractivity (Wildman–Crippen MR) is 79.3 cm³/mol. The molecule has 0 aliphatic carbocycles. The summed E-state index contributed by atoms with van der Waals surface area (Å²) in [5, 5.41) is 1.75. The van der Waals surface area contributed by atoms with Crippen LogP contribution in [0, 0.1) is 12.8 Å². The molecular formula is C14H20N2O4S. The van der Waals surface area contributed by atoms with Crippen molar-refractivity contribution in [2.75, 3.05) is 19.7 Å². The van der Waals surface area contributed by atoms with Crippen molar-refractivity contribution < 1.29 is 14.3 Å². The maximum Gasteiger partial charge on any atom is 0.309 e. The fraction of sp³-hybridized carbons (Fsp3) is 0.643. The van der Waals surface area contributed by atoms with Crippen molar-refractivity contribution >= 4 is 23.2 Å². The first kappa shape index (κ1) is 15.8. The Morgan fingerprint density at radius 2 is 2.05 bits per heavy atom. The van der Waals surface area contributed by atoms with E-state index >= 15 is 0 Å². The van der Waals surface area contributed by atoms with Crippen LogP contribution < -0.4 is 4.87 Å². The summed E-state index contributed by atoms with van der Waals surface area (Å²) in [6, 6.07) is 0. The average Bonchev–Trinajstić information content (AvgIpc) is 2.79. The summed E-state index contributed by atoms with van der Waals surface area (Å²) in [7, 11) is 0. The minimum absolute atomic E-state index is 0.0686. The summed E-state index contributed by atoms with van der Waals surface area (Å²) in [5.74, 6) is -0.352. The summed E-state index contributed by atoms with van der Waals surface area (Å²) in [6.07, 6.45) is 1.25.